The second-order valence-corrected chi connectivity index (χ2v) is 9.98. The number of nitrogens with one attached hydrogen (secondary N) is 1. The van der Waals surface area contributed by atoms with Crippen LogP contribution >= 0.6 is 0 Å². The van der Waals surface area contributed by atoms with Crippen molar-refractivity contribution < 1.29 is 23.9 Å². The fourth-order valence-corrected chi connectivity index (χ4v) is 6.08. The minimum Gasteiger partial charge on any atom is -0.497 e. The van der Waals surface area contributed by atoms with Crippen molar-refractivity contribution in [1.82, 2.24) is 14.8 Å². The van der Waals surface area contributed by atoms with Gasteiger partial charge in [-0.05, 0) is 53.8 Å². The first kappa shape index (κ1) is 24.6. The molecule has 2 aromatic carbocycles. The van der Waals surface area contributed by atoms with E-state index in [2.05, 4.69) is 4.98 Å². The Hall–Kier alpha value is -4.07. The first-order valence-corrected chi connectivity index (χ1v) is 12.3. The number of carbonyl (C=O) groups is 3. The number of hydrogen-bond acceptors (Lipinski definition) is 5. The third kappa shape index (κ3) is 3.97. The van der Waals surface area contributed by atoms with Gasteiger partial charge in [0.25, 0.3) is 11.8 Å². The van der Waals surface area contributed by atoms with E-state index in [1.807, 2.05) is 48.5 Å². The highest BCUT2D eigenvalue weighted by Crippen LogP contribution is 2.54. The number of hydrogen-bond donors (Lipinski definition) is 1. The average Bonchev–Trinajstić information content (AvgIpc) is 3.57. The molecular weight excluding hydrogens is 470 g/mol. The van der Waals surface area contributed by atoms with Crippen LogP contribution in [0.3, 0.4) is 0 Å². The SMILES string of the molecule is COC(=O)[C@@]1(Cc2ccc(OC)cc2)C2c3cc(C(=O)N(C)C)[nH]c3CC2CN1C(=O)c1ccccc1. The molecular formula is C29H31N3O5. The van der Waals surface area contributed by atoms with Crippen LogP contribution in [0.2, 0.25) is 0 Å². The highest BCUT2D eigenvalue weighted by Gasteiger charge is 2.64. The zero-order valence-electron chi connectivity index (χ0n) is 21.5. The number of aromatic amines is 1. The van der Waals surface area contributed by atoms with Crippen LogP contribution in [0.15, 0.2) is 60.7 Å². The number of benzene rings is 2. The first-order chi connectivity index (χ1) is 17.8. The molecule has 2 heterocycles. The third-order valence-corrected chi connectivity index (χ3v) is 7.69. The lowest BCUT2D eigenvalue weighted by Gasteiger charge is -2.40. The molecule has 0 radical (unpaired) electrons. The van der Waals surface area contributed by atoms with Gasteiger partial charge in [-0.25, -0.2) is 4.79 Å². The van der Waals surface area contributed by atoms with E-state index >= 15 is 0 Å². The predicted octanol–water partition coefficient (Wildman–Crippen LogP) is 3.29. The number of H-pyrrole nitrogens is 1. The Morgan fingerprint density at radius 2 is 1.76 bits per heavy atom. The number of nitrogens with zero attached hydrogens (tertiary/aromatic N) is 2. The summed E-state index contributed by atoms with van der Waals surface area (Å²) >= 11 is 0. The molecule has 1 N–H and O–H groups in total. The highest BCUT2D eigenvalue weighted by atomic mass is 16.5. The zero-order chi connectivity index (χ0) is 26.3. The molecule has 8 heteroatoms. The first-order valence-electron chi connectivity index (χ1n) is 12.3. The summed E-state index contributed by atoms with van der Waals surface area (Å²) < 4.78 is 10.8. The summed E-state index contributed by atoms with van der Waals surface area (Å²) in [4.78, 5) is 47.1. The Bertz CT molecular complexity index is 1330. The summed E-state index contributed by atoms with van der Waals surface area (Å²) in [6.45, 7) is 0.406. The Kier molecular flexibility index (Phi) is 6.27. The molecule has 3 atom stereocenters. The number of carbonyl (C=O) groups excluding carboxylic acids is 3. The largest absolute Gasteiger partial charge is 0.497 e. The quantitative estimate of drug-likeness (QED) is 0.524. The van der Waals surface area contributed by atoms with E-state index in [4.69, 9.17) is 9.47 Å². The van der Waals surface area contributed by atoms with Crippen LogP contribution in [0.4, 0.5) is 0 Å². The van der Waals surface area contributed by atoms with Crippen LogP contribution in [0.1, 0.15) is 43.6 Å². The van der Waals surface area contributed by atoms with Gasteiger partial charge in [0, 0.05) is 44.2 Å². The van der Waals surface area contributed by atoms with Gasteiger partial charge in [-0.3, -0.25) is 9.59 Å². The van der Waals surface area contributed by atoms with Gasteiger partial charge in [0.2, 0.25) is 0 Å². The van der Waals surface area contributed by atoms with E-state index < -0.39 is 11.5 Å². The third-order valence-electron chi connectivity index (χ3n) is 7.69. The molecule has 1 aliphatic heterocycles. The summed E-state index contributed by atoms with van der Waals surface area (Å²) in [7, 11) is 6.38. The van der Waals surface area contributed by atoms with Crippen LogP contribution in [0.5, 0.6) is 5.75 Å². The Labute approximate surface area is 216 Å². The van der Waals surface area contributed by atoms with Gasteiger partial charge in [-0.1, -0.05) is 30.3 Å². The number of methoxy groups -OCH3 is 2. The van der Waals surface area contributed by atoms with E-state index in [0.29, 0.717) is 30.0 Å². The maximum absolute atomic E-state index is 13.9. The average molecular weight is 502 g/mol. The number of aromatic nitrogens is 1. The summed E-state index contributed by atoms with van der Waals surface area (Å²) in [5.74, 6) is -0.428. The zero-order valence-corrected chi connectivity index (χ0v) is 21.5. The number of ether oxygens (including phenoxy) is 2. The van der Waals surface area contributed by atoms with Crippen LogP contribution in [0.25, 0.3) is 0 Å². The van der Waals surface area contributed by atoms with Crippen LogP contribution < -0.4 is 4.74 Å². The molecule has 5 rings (SSSR count). The molecule has 1 aliphatic carbocycles. The molecule has 0 bridgehead atoms. The standard InChI is InChI=1S/C29H31N3O5/c1-31(2)27(34)24-15-22-23(30-24)14-20-17-32(26(33)19-8-6-5-7-9-19)29(25(20)22,28(35)37-4)16-18-10-12-21(36-3)13-11-18/h5-13,15,20,25,30H,14,16-17H2,1-4H3/t20?,25?,29-/m1/s1. The Balaban J connectivity index is 1.66. The normalized spacial score (nSPS) is 21.8. The van der Waals surface area contributed by atoms with E-state index in [1.165, 1.54) is 12.0 Å². The monoisotopic (exact) mass is 501 g/mol. The molecule has 1 saturated heterocycles. The minimum absolute atomic E-state index is 0.00905. The maximum Gasteiger partial charge on any atom is 0.332 e. The van der Waals surface area contributed by atoms with Gasteiger partial charge in [0.1, 0.15) is 11.4 Å². The lowest BCUT2D eigenvalue weighted by molar-refractivity contribution is -0.153. The second kappa shape index (κ2) is 9.42. The molecule has 2 unspecified atom stereocenters. The smallest absolute Gasteiger partial charge is 0.332 e. The van der Waals surface area contributed by atoms with E-state index in [-0.39, 0.29) is 30.1 Å². The Morgan fingerprint density at radius 3 is 2.38 bits per heavy atom. The summed E-state index contributed by atoms with van der Waals surface area (Å²) in [6, 6.07) is 18.4. The molecule has 1 fully saturated rings. The second-order valence-electron chi connectivity index (χ2n) is 9.98. The van der Waals surface area contributed by atoms with E-state index in [1.54, 1.807) is 38.2 Å². The minimum atomic E-state index is -1.28. The van der Waals surface area contributed by atoms with Gasteiger partial charge < -0.3 is 24.3 Å². The molecule has 0 saturated carbocycles. The fraction of sp³-hybridized carbons (Fsp3) is 0.345. The van der Waals surface area contributed by atoms with Crippen molar-refractivity contribution in [2.24, 2.45) is 5.92 Å². The van der Waals surface area contributed by atoms with Crippen LogP contribution in [-0.2, 0) is 22.4 Å². The van der Waals surface area contributed by atoms with E-state index in [0.717, 1.165) is 16.8 Å². The van der Waals surface area contributed by atoms with Gasteiger partial charge in [0.15, 0.2) is 5.54 Å². The lowest BCUT2D eigenvalue weighted by Crippen LogP contribution is -2.58. The number of esters is 1. The van der Waals surface area contributed by atoms with Gasteiger partial charge in [0.05, 0.1) is 14.2 Å². The van der Waals surface area contributed by atoms with Gasteiger partial charge in [-0.2, -0.15) is 0 Å². The predicted molar refractivity (Wildman–Crippen MR) is 138 cm³/mol. The molecule has 1 aromatic heterocycles. The molecule has 3 aromatic rings. The molecule has 2 amide bonds. The van der Waals surface area contributed by atoms with Crippen molar-refractivity contribution in [3.63, 3.8) is 0 Å². The number of amides is 2. The van der Waals surface area contributed by atoms with Gasteiger partial charge in [-0.15, -0.1) is 0 Å². The molecule has 2 aliphatic rings. The summed E-state index contributed by atoms with van der Waals surface area (Å²) in [6.07, 6.45) is 0.908. The number of likely N-dealkylation sites (tertiary alicyclic amines) is 1. The van der Waals surface area contributed by atoms with E-state index in [9.17, 15) is 14.4 Å². The molecule has 192 valence electrons. The van der Waals surface area contributed by atoms with Gasteiger partial charge >= 0.3 is 5.97 Å². The highest BCUT2D eigenvalue weighted by molar-refractivity contribution is 6.00. The number of rotatable bonds is 6. The van der Waals surface area contributed by atoms with Crippen LogP contribution in [0, 0.1) is 5.92 Å². The topological polar surface area (TPSA) is 91.9 Å². The Morgan fingerprint density at radius 1 is 1.05 bits per heavy atom. The van der Waals surface area contributed by atoms with Crippen molar-refractivity contribution in [3.8, 4) is 5.75 Å². The fourth-order valence-electron chi connectivity index (χ4n) is 6.08. The van der Waals surface area contributed by atoms with Crippen molar-refractivity contribution in [3.05, 3.63) is 88.7 Å². The van der Waals surface area contributed by atoms with Crippen LogP contribution in [-0.4, -0.2) is 73.0 Å². The summed E-state index contributed by atoms with van der Waals surface area (Å²) in [5, 5.41) is 0. The molecule has 8 nitrogen and oxygen atoms in total. The van der Waals surface area contributed by atoms with Crippen molar-refractivity contribution >= 4 is 17.8 Å². The van der Waals surface area contributed by atoms with Crippen molar-refractivity contribution in [1.29, 1.82) is 0 Å². The molecule has 37 heavy (non-hydrogen) atoms. The lowest BCUT2D eigenvalue weighted by atomic mass is 9.75. The van der Waals surface area contributed by atoms with Crippen molar-refractivity contribution in [2.45, 2.75) is 24.3 Å². The number of fused-ring (bicyclic) bond motifs is 3. The maximum atomic E-state index is 13.9. The van der Waals surface area contributed by atoms with Crippen molar-refractivity contribution in [2.75, 3.05) is 34.9 Å². The summed E-state index contributed by atoms with van der Waals surface area (Å²) in [5.41, 5.74) is 2.43. The molecule has 0 spiro atoms.